The molecule has 0 aliphatic rings. The molecule has 19 heavy (non-hydrogen) atoms. The molecule has 0 aromatic carbocycles. The minimum absolute atomic E-state index is 0.217. The second-order valence-corrected chi connectivity index (χ2v) is 5.67. The Morgan fingerprint density at radius 3 is 3.00 bits per heavy atom. The van der Waals surface area contributed by atoms with Crippen LogP contribution in [0.15, 0.2) is 12.4 Å². The molecule has 0 unspecified atom stereocenters. The Bertz CT molecular complexity index is 549. The van der Waals surface area contributed by atoms with Crippen LogP contribution in [0.5, 0.6) is 0 Å². The molecule has 2 aromatic rings. The summed E-state index contributed by atoms with van der Waals surface area (Å²) in [6.07, 6.45) is 6.26. The predicted octanol–water partition coefficient (Wildman–Crippen LogP) is 1.89. The summed E-state index contributed by atoms with van der Waals surface area (Å²) < 4.78 is 1.79. The number of unbranched alkanes of at least 4 members (excludes halogenated alkanes) is 1. The Hall–Kier alpha value is -1.76. The average Bonchev–Trinajstić information content (AvgIpc) is 2.95. The highest BCUT2D eigenvalue weighted by atomic mass is 32.1. The third-order valence-corrected chi connectivity index (χ3v) is 3.54. The van der Waals surface area contributed by atoms with Gasteiger partial charge < -0.3 is 5.11 Å². The van der Waals surface area contributed by atoms with E-state index in [9.17, 15) is 4.79 Å². The molecule has 2 aromatic heterocycles. The van der Waals surface area contributed by atoms with Crippen molar-refractivity contribution >= 4 is 17.3 Å². The smallest absolute Gasteiger partial charge is 0.303 e. The molecule has 1 N–H and O–H groups in total. The number of thiazole rings is 1. The lowest BCUT2D eigenvalue weighted by Crippen LogP contribution is -1.98. The molecule has 102 valence electrons. The van der Waals surface area contributed by atoms with Crippen LogP contribution >= 0.6 is 11.3 Å². The van der Waals surface area contributed by atoms with E-state index in [0.29, 0.717) is 13.0 Å². The van der Waals surface area contributed by atoms with Gasteiger partial charge in [0.25, 0.3) is 0 Å². The maximum atomic E-state index is 10.4. The lowest BCUT2D eigenvalue weighted by Gasteiger charge is -1.95. The molecule has 0 aliphatic heterocycles. The highest BCUT2D eigenvalue weighted by molar-refractivity contribution is 7.11. The molecule has 0 bridgehead atoms. The first kappa shape index (κ1) is 13.7. The van der Waals surface area contributed by atoms with Crippen molar-refractivity contribution < 1.29 is 9.90 Å². The van der Waals surface area contributed by atoms with E-state index in [2.05, 4.69) is 15.3 Å². The first-order chi connectivity index (χ1) is 9.13. The molecule has 0 saturated carbocycles. The quantitative estimate of drug-likeness (QED) is 0.783. The summed E-state index contributed by atoms with van der Waals surface area (Å²) in [5.41, 5.74) is 0.909. The summed E-state index contributed by atoms with van der Waals surface area (Å²) in [5.74, 6) is -0.746. The molecule has 0 amide bonds. The normalized spacial score (nSPS) is 10.8. The van der Waals surface area contributed by atoms with Crippen molar-refractivity contribution in [3.63, 3.8) is 0 Å². The van der Waals surface area contributed by atoms with Gasteiger partial charge in [-0.3, -0.25) is 4.79 Å². The van der Waals surface area contributed by atoms with Crippen LogP contribution in [-0.2, 0) is 17.8 Å². The van der Waals surface area contributed by atoms with E-state index in [0.717, 1.165) is 28.4 Å². The molecule has 0 radical (unpaired) electrons. The largest absolute Gasteiger partial charge is 0.481 e. The molecule has 6 nitrogen and oxygen atoms in total. The standard InChI is InChI=1S/C12H16N4O2S/c1-9-13-6-11(19-9)8-16-7-10(14-15-16)4-2-3-5-12(17)18/h6-7H,2-5,8H2,1H3,(H,17,18). The monoisotopic (exact) mass is 280 g/mol. The summed E-state index contributed by atoms with van der Waals surface area (Å²) >= 11 is 1.65. The van der Waals surface area contributed by atoms with E-state index >= 15 is 0 Å². The molecule has 0 saturated heterocycles. The maximum absolute atomic E-state index is 10.4. The fourth-order valence-corrected chi connectivity index (χ4v) is 2.54. The molecule has 0 atom stereocenters. The third-order valence-electron chi connectivity index (χ3n) is 2.65. The predicted molar refractivity (Wildman–Crippen MR) is 71.2 cm³/mol. The Balaban J connectivity index is 1.80. The number of nitrogens with zero attached hydrogens (tertiary/aromatic N) is 4. The summed E-state index contributed by atoms with van der Waals surface area (Å²) in [6.45, 7) is 2.66. The van der Waals surface area contributed by atoms with Crippen molar-refractivity contribution in [3.8, 4) is 0 Å². The van der Waals surface area contributed by atoms with Crippen molar-refractivity contribution in [2.24, 2.45) is 0 Å². The van der Waals surface area contributed by atoms with Gasteiger partial charge in [0.05, 0.1) is 17.2 Å². The number of aliphatic carboxylic acids is 1. The summed E-state index contributed by atoms with van der Waals surface area (Å²) in [7, 11) is 0. The van der Waals surface area contributed by atoms with Crippen molar-refractivity contribution in [1.82, 2.24) is 20.0 Å². The first-order valence-corrected chi connectivity index (χ1v) is 6.97. The fraction of sp³-hybridized carbons (Fsp3) is 0.500. The second kappa shape index (κ2) is 6.42. The van der Waals surface area contributed by atoms with Gasteiger partial charge in [0.1, 0.15) is 0 Å². The Kier molecular flexibility index (Phi) is 4.62. The van der Waals surface area contributed by atoms with Gasteiger partial charge in [-0.15, -0.1) is 16.4 Å². The minimum atomic E-state index is -0.746. The number of rotatable bonds is 7. The average molecular weight is 280 g/mol. The Morgan fingerprint density at radius 2 is 2.32 bits per heavy atom. The first-order valence-electron chi connectivity index (χ1n) is 6.15. The number of aromatic nitrogens is 4. The van der Waals surface area contributed by atoms with Crippen LogP contribution in [0.1, 0.15) is 34.8 Å². The van der Waals surface area contributed by atoms with E-state index < -0.39 is 5.97 Å². The zero-order chi connectivity index (χ0) is 13.7. The van der Waals surface area contributed by atoms with Crippen LogP contribution < -0.4 is 0 Å². The van der Waals surface area contributed by atoms with Crippen LogP contribution in [0.2, 0.25) is 0 Å². The van der Waals surface area contributed by atoms with Gasteiger partial charge in [-0.1, -0.05) is 5.21 Å². The van der Waals surface area contributed by atoms with Gasteiger partial charge >= 0.3 is 5.97 Å². The fourth-order valence-electron chi connectivity index (χ4n) is 1.75. The second-order valence-electron chi connectivity index (χ2n) is 4.35. The molecule has 0 fully saturated rings. The van der Waals surface area contributed by atoms with Crippen LogP contribution in [-0.4, -0.2) is 31.1 Å². The third kappa shape index (κ3) is 4.44. The Labute approximate surface area is 115 Å². The van der Waals surface area contributed by atoms with Crippen LogP contribution in [0.3, 0.4) is 0 Å². The summed E-state index contributed by atoms with van der Waals surface area (Å²) in [5, 5.41) is 17.7. The molecule has 7 heteroatoms. The molecular formula is C12H16N4O2S. The van der Waals surface area contributed by atoms with E-state index in [4.69, 9.17) is 5.11 Å². The molecular weight excluding hydrogens is 264 g/mol. The van der Waals surface area contributed by atoms with Gasteiger partial charge in [0.2, 0.25) is 0 Å². The van der Waals surface area contributed by atoms with Crippen LogP contribution in [0, 0.1) is 6.92 Å². The van der Waals surface area contributed by atoms with Gasteiger partial charge in [-0.25, -0.2) is 9.67 Å². The number of carbonyl (C=O) groups is 1. The van der Waals surface area contributed by atoms with E-state index in [-0.39, 0.29) is 6.42 Å². The van der Waals surface area contributed by atoms with Crippen molar-refractivity contribution in [2.45, 2.75) is 39.2 Å². The van der Waals surface area contributed by atoms with Crippen molar-refractivity contribution in [2.75, 3.05) is 0 Å². The van der Waals surface area contributed by atoms with Crippen molar-refractivity contribution in [3.05, 3.63) is 28.0 Å². The number of hydrogen-bond donors (Lipinski definition) is 1. The number of aryl methyl sites for hydroxylation is 2. The molecule has 2 heterocycles. The lowest BCUT2D eigenvalue weighted by molar-refractivity contribution is -0.137. The zero-order valence-corrected chi connectivity index (χ0v) is 11.6. The number of carboxylic acid groups (broad SMARTS) is 1. The summed E-state index contributed by atoms with van der Waals surface area (Å²) in [6, 6.07) is 0. The van der Waals surface area contributed by atoms with Crippen molar-refractivity contribution in [1.29, 1.82) is 0 Å². The number of hydrogen-bond acceptors (Lipinski definition) is 5. The van der Waals surface area contributed by atoms with E-state index in [1.54, 1.807) is 16.0 Å². The highest BCUT2D eigenvalue weighted by Crippen LogP contribution is 2.13. The highest BCUT2D eigenvalue weighted by Gasteiger charge is 2.04. The molecule has 0 spiro atoms. The molecule has 2 rings (SSSR count). The Morgan fingerprint density at radius 1 is 1.47 bits per heavy atom. The SMILES string of the molecule is Cc1ncc(Cn2cc(CCCCC(=O)O)nn2)s1. The van der Waals surface area contributed by atoms with Gasteiger partial charge in [-0.05, 0) is 26.2 Å². The van der Waals surface area contributed by atoms with Gasteiger partial charge in [0, 0.05) is 23.7 Å². The van der Waals surface area contributed by atoms with Crippen LogP contribution in [0.4, 0.5) is 0 Å². The maximum Gasteiger partial charge on any atom is 0.303 e. The number of carboxylic acids is 1. The lowest BCUT2D eigenvalue weighted by atomic mass is 10.1. The van der Waals surface area contributed by atoms with Gasteiger partial charge in [0.15, 0.2) is 0 Å². The molecule has 0 aliphatic carbocycles. The van der Waals surface area contributed by atoms with E-state index in [1.807, 2.05) is 19.3 Å². The van der Waals surface area contributed by atoms with Crippen LogP contribution in [0.25, 0.3) is 0 Å². The topological polar surface area (TPSA) is 80.9 Å². The zero-order valence-electron chi connectivity index (χ0n) is 10.7. The minimum Gasteiger partial charge on any atom is -0.481 e. The van der Waals surface area contributed by atoms with Gasteiger partial charge in [-0.2, -0.15) is 0 Å². The van der Waals surface area contributed by atoms with E-state index in [1.165, 1.54) is 0 Å². The summed E-state index contributed by atoms with van der Waals surface area (Å²) in [4.78, 5) is 15.7.